The van der Waals surface area contributed by atoms with Crippen molar-refractivity contribution in [2.45, 2.75) is 66.7 Å². The number of amides is 3. The second-order valence-corrected chi connectivity index (χ2v) is 15.5. The third kappa shape index (κ3) is 18.1. The van der Waals surface area contributed by atoms with E-state index < -0.39 is 15.5 Å². The maximum absolute atomic E-state index is 13.0. The van der Waals surface area contributed by atoms with E-state index in [-0.39, 0.29) is 35.3 Å². The fraction of sp³-hybridized carbons (Fsp3) is 0.885. The molecule has 0 aliphatic rings. The summed E-state index contributed by atoms with van der Waals surface area (Å²) in [5.41, 5.74) is -0.652. The number of nitrogens with one attached hydrogen (secondary N) is 3. The van der Waals surface area contributed by atoms with Crippen LogP contribution in [0.1, 0.15) is 66.7 Å². The van der Waals surface area contributed by atoms with Crippen molar-refractivity contribution in [3.05, 3.63) is 0 Å². The first-order chi connectivity index (χ1) is 18.1. The molecule has 0 saturated heterocycles. The van der Waals surface area contributed by atoms with Gasteiger partial charge in [0, 0.05) is 61.2 Å². The number of rotatable bonds is 22. The molecule has 4 N–H and O–H groups in total. The van der Waals surface area contributed by atoms with E-state index in [0.29, 0.717) is 49.9 Å². The largest absolute Gasteiger partial charge is 0.355 e. The van der Waals surface area contributed by atoms with Gasteiger partial charge in [0.25, 0.3) is 10.1 Å². The molecule has 3 amide bonds. The van der Waals surface area contributed by atoms with Crippen LogP contribution >= 0.6 is 21.6 Å². The lowest BCUT2D eigenvalue weighted by Crippen LogP contribution is -2.45. The van der Waals surface area contributed by atoms with Crippen molar-refractivity contribution in [2.75, 3.05) is 64.1 Å². The summed E-state index contributed by atoms with van der Waals surface area (Å²) in [5, 5.41) is 8.91. The van der Waals surface area contributed by atoms with Gasteiger partial charge < -0.3 is 20.4 Å². The fourth-order valence-electron chi connectivity index (χ4n) is 3.96. The molecular formula is C26H53N4O6S3+. The Hall–Kier alpha value is -1.02. The van der Waals surface area contributed by atoms with Crippen LogP contribution in [-0.2, 0) is 24.5 Å². The van der Waals surface area contributed by atoms with Gasteiger partial charge in [0.05, 0.1) is 32.9 Å². The predicted octanol–water partition coefficient (Wildman–Crippen LogP) is 2.95. The van der Waals surface area contributed by atoms with Crippen molar-refractivity contribution in [1.29, 1.82) is 0 Å². The average molecular weight is 614 g/mol. The Morgan fingerprint density at radius 1 is 0.872 bits per heavy atom. The van der Waals surface area contributed by atoms with Crippen molar-refractivity contribution < 1.29 is 31.8 Å². The maximum atomic E-state index is 13.0. The van der Waals surface area contributed by atoms with Crippen LogP contribution in [0.25, 0.3) is 0 Å². The zero-order valence-electron chi connectivity index (χ0n) is 25.0. The van der Waals surface area contributed by atoms with Gasteiger partial charge in [0.2, 0.25) is 17.7 Å². The monoisotopic (exact) mass is 613 g/mol. The molecule has 0 spiro atoms. The molecule has 0 heterocycles. The molecule has 13 heteroatoms. The van der Waals surface area contributed by atoms with Gasteiger partial charge in [0.1, 0.15) is 0 Å². The van der Waals surface area contributed by atoms with Gasteiger partial charge in [-0.15, -0.1) is 0 Å². The van der Waals surface area contributed by atoms with E-state index in [4.69, 9.17) is 4.55 Å². The summed E-state index contributed by atoms with van der Waals surface area (Å²) >= 11 is 0. The standard InChI is InChI=1S/C26H52N4O6S3/c1-8-21(3)23(31)27-13-17-37-38-18-14-28-24(32)22(4)20-26(5,9-2)25(33)29-12-10-15-30(6,7)16-11-19-39(34,35)36/h21-22H,8-20H2,1-7H3,(H3-,27,28,29,31,32,33,34,35,36)/p+1. The van der Waals surface area contributed by atoms with Gasteiger partial charge in [-0.1, -0.05) is 56.2 Å². The van der Waals surface area contributed by atoms with E-state index in [1.54, 1.807) is 21.6 Å². The van der Waals surface area contributed by atoms with Crippen LogP contribution in [0.3, 0.4) is 0 Å². The number of carbonyl (C=O) groups excluding carboxylic acids is 3. The molecule has 0 aromatic carbocycles. The normalized spacial score (nSPS) is 15.2. The Labute approximate surface area is 244 Å². The molecule has 0 rings (SSSR count). The van der Waals surface area contributed by atoms with Crippen molar-refractivity contribution in [3.63, 3.8) is 0 Å². The molecule has 0 aliphatic heterocycles. The Morgan fingerprint density at radius 2 is 1.38 bits per heavy atom. The van der Waals surface area contributed by atoms with Gasteiger partial charge >= 0.3 is 0 Å². The van der Waals surface area contributed by atoms with Crippen LogP contribution in [0.5, 0.6) is 0 Å². The topological polar surface area (TPSA) is 142 Å². The first-order valence-corrected chi connectivity index (χ1v) is 18.0. The summed E-state index contributed by atoms with van der Waals surface area (Å²) < 4.78 is 31.3. The minimum Gasteiger partial charge on any atom is -0.355 e. The highest BCUT2D eigenvalue weighted by Gasteiger charge is 2.34. The molecule has 0 fully saturated rings. The van der Waals surface area contributed by atoms with Gasteiger partial charge in [-0.25, -0.2) is 0 Å². The third-order valence-corrected chi connectivity index (χ3v) is 10.2. The van der Waals surface area contributed by atoms with Gasteiger partial charge in [-0.05, 0) is 19.3 Å². The smallest absolute Gasteiger partial charge is 0.265 e. The first-order valence-electron chi connectivity index (χ1n) is 13.9. The number of hydrogen-bond donors (Lipinski definition) is 4. The summed E-state index contributed by atoms with van der Waals surface area (Å²) in [7, 11) is 3.37. The predicted molar refractivity (Wildman–Crippen MR) is 163 cm³/mol. The molecular weight excluding hydrogens is 561 g/mol. The summed E-state index contributed by atoms with van der Waals surface area (Å²) in [6.45, 7) is 12.7. The molecule has 0 radical (unpaired) electrons. The summed E-state index contributed by atoms with van der Waals surface area (Å²) in [5.74, 6) is 1.04. The molecule has 0 aliphatic carbocycles. The molecule has 0 saturated carbocycles. The highest BCUT2D eigenvalue weighted by Crippen LogP contribution is 2.30. The van der Waals surface area contributed by atoms with Crippen molar-refractivity contribution >= 4 is 49.4 Å². The third-order valence-electron chi connectivity index (χ3n) is 7.04. The molecule has 0 bridgehead atoms. The van der Waals surface area contributed by atoms with Crippen molar-refractivity contribution in [2.24, 2.45) is 17.3 Å². The highest BCUT2D eigenvalue weighted by molar-refractivity contribution is 8.76. The lowest BCUT2D eigenvalue weighted by molar-refractivity contribution is -0.890. The number of carbonyl (C=O) groups is 3. The number of hydrogen-bond acceptors (Lipinski definition) is 7. The van der Waals surface area contributed by atoms with Crippen LogP contribution in [0.4, 0.5) is 0 Å². The molecule has 3 unspecified atom stereocenters. The average Bonchev–Trinajstić information content (AvgIpc) is 2.85. The van der Waals surface area contributed by atoms with Crippen LogP contribution < -0.4 is 16.0 Å². The second kappa shape index (κ2) is 19.2. The maximum Gasteiger partial charge on any atom is 0.265 e. The first kappa shape index (κ1) is 38.0. The molecule has 10 nitrogen and oxygen atoms in total. The molecule has 39 heavy (non-hydrogen) atoms. The molecule has 230 valence electrons. The van der Waals surface area contributed by atoms with Crippen LogP contribution in [0, 0.1) is 17.3 Å². The summed E-state index contributed by atoms with van der Waals surface area (Å²) in [6, 6.07) is 0. The van der Waals surface area contributed by atoms with Crippen LogP contribution in [0.15, 0.2) is 0 Å². The van der Waals surface area contributed by atoms with Crippen LogP contribution in [0.2, 0.25) is 0 Å². The van der Waals surface area contributed by atoms with E-state index in [9.17, 15) is 22.8 Å². The molecule has 0 aromatic heterocycles. The lowest BCUT2D eigenvalue weighted by Gasteiger charge is -2.31. The minimum absolute atomic E-state index is 0.0388. The number of nitrogens with zero attached hydrogens (tertiary/aromatic N) is 1. The van der Waals surface area contributed by atoms with E-state index in [1.807, 2.05) is 48.7 Å². The van der Waals surface area contributed by atoms with Crippen molar-refractivity contribution in [1.82, 2.24) is 16.0 Å². The quantitative estimate of drug-likeness (QED) is 0.0632. The second-order valence-electron chi connectivity index (χ2n) is 11.2. The molecule has 3 atom stereocenters. The van der Waals surface area contributed by atoms with E-state index in [1.165, 1.54) is 0 Å². The van der Waals surface area contributed by atoms with E-state index in [0.717, 1.165) is 30.9 Å². The van der Waals surface area contributed by atoms with Gasteiger partial charge in [0.15, 0.2) is 0 Å². The highest BCUT2D eigenvalue weighted by atomic mass is 33.1. The van der Waals surface area contributed by atoms with Crippen LogP contribution in [-0.4, -0.2) is 99.3 Å². The van der Waals surface area contributed by atoms with Gasteiger partial charge in [-0.2, -0.15) is 8.42 Å². The Morgan fingerprint density at radius 3 is 1.87 bits per heavy atom. The van der Waals surface area contributed by atoms with E-state index >= 15 is 0 Å². The minimum atomic E-state index is -3.94. The Bertz CT molecular complexity index is 857. The molecule has 0 aromatic rings. The summed E-state index contributed by atoms with van der Waals surface area (Å²) in [4.78, 5) is 37.3. The fourth-order valence-corrected chi connectivity index (χ4v) is 6.27. The Balaban J connectivity index is 4.28. The van der Waals surface area contributed by atoms with Crippen molar-refractivity contribution in [3.8, 4) is 0 Å². The zero-order chi connectivity index (χ0) is 30.1. The Kier molecular flexibility index (Phi) is 18.7. The van der Waals surface area contributed by atoms with Gasteiger partial charge in [-0.3, -0.25) is 18.9 Å². The van der Waals surface area contributed by atoms with E-state index in [2.05, 4.69) is 16.0 Å². The lowest BCUT2D eigenvalue weighted by atomic mass is 9.78. The summed E-state index contributed by atoms with van der Waals surface area (Å²) in [6.07, 6.45) is 3.02. The SMILES string of the molecule is CCC(C)C(=O)NCCSSCCNC(=O)C(C)CC(C)(CC)C(=O)NCCC[N+](C)(C)CCCS(=O)(=O)O. The zero-order valence-corrected chi connectivity index (χ0v) is 27.5. The number of quaternary nitrogens is 1.